The number of likely N-dealkylation sites (tertiary alicyclic amines) is 1. The van der Waals surface area contributed by atoms with Crippen molar-refractivity contribution in [1.82, 2.24) is 4.90 Å². The zero-order valence-electron chi connectivity index (χ0n) is 17.4. The Kier molecular flexibility index (Phi) is 5.62. The molecule has 1 amide bonds. The second kappa shape index (κ2) is 8.52. The van der Waals surface area contributed by atoms with E-state index in [2.05, 4.69) is 4.98 Å². The molecule has 0 bridgehead atoms. The van der Waals surface area contributed by atoms with Crippen LogP contribution in [0.1, 0.15) is 33.1 Å². The fraction of sp³-hybridized carbons (Fsp3) is 0.200. The Balaban J connectivity index is 1.76. The largest absolute Gasteiger partial charge is 0.496 e. The molecule has 4 rings (SSSR count). The lowest BCUT2D eigenvalue weighted by Gasteiger charge is -2.27. The number of H-pyrrole nitrogens is 1. The second-order valence-corrected chi connectivity index (χ2v) is 7.59. The van der Waals surface area contributed by atoms with Crippen molar-refractivity contribution in [3.63, 3.8) is 0 Å². The molecule has 156 valence electrons. The number of Topliss-reactive ketones (excluding diaryl/α,β-unsaturated/α-hetero) is 2. The summed E-state index contributed by atoms with van der Waals surface area (Å²) in [6.45, 7) is 2.07. The van der Waals surface area contributed by atoms with E-state index in [1.165, 1.54) is 4.90 Å². The van der Waals surface area contributed by atoms with Crippen molar-refractivity contribution in [1.29, 1.82) is 0 Å². The minimum absolute atomic E-state index is 0.229. The van der Waals surface area contributed by atoms with Gasteiger partial charge in [0.25, 0.3) is 5.91 Å². The normalized spacial score (nSPS) is 18.3. The maximum atomic E-state index is 13.5. The molecule has 0 saturated carbocycles. The number of aromatic amines is 1. The first-order valence-electron chi connectivity index (χ1n) is 10.0. The molecule has 1 saturated heterocycles. The molecule has 0 radical (unpaired) electrons. The van der Waals surface area contributed by atoms with Crippen LogP contribution in [0.5, 0.6) is 5.75 Å². The van der Waals surface area contributed by atoms with Crippen LogP contribution in [0.15, 0.2) is 73.1 Å². The van der Waals surface area contributed by atoms with E-state index in [0.29, 0.717) is 11.3 Å². The predicted molar refractivity (Wildman–Crippen MR) is 113 cm³/mol. The van der Waals surface area contributed by atoms with E-state index in [-0.39, 0.29) is 12.3 Å². The van der Waals surface area contributed by atoms with Gasteiger partial charge in [-0.2, -0.15) is 0 Å². The van der Waals surface area contributed by atoms with Crippen LogP contribution in [-0.4, -0.2) is 29.5 Å². The van der Waals surface area contributed by atoms with E-state index in [1.54, 1.807) is 37.7 Å². The summed E-state index contributed by atoms with van der Waals surface area (Å²) in [5.41, 5.74) is 2.78. The minimum Gasteiger partial charge on any atom is -0.496 e. The third-order valence-electron chi connectivity index (χ3n) is 5.63. The summed E-state index contributed by atoms with van der Waals surface area (Å²) in [6, 6.07) is 17.3. The van der Waals surface area contributed by atoms with Gasteiger partial charge < -0.3 is 9.64 Å². The number of ketones is 2. The minimum atomic E-state index is -1.10. The Morgan fingerprint density at radius 3 is 2.48 bits per heavy atom. The molecule has 2 unspecified atom stereocenters. The number of benzene rings is 2. The number of hydrogen-bond donors (Lipinski definition) is 0. The van der Waals surface area contributed by atoms with Crippen LogP contribution < -0.4 is 9.72 Å². The van der Waals surface area contributed by atoms with Gasteiger partial charge in [-0.25, -0.2) is 4.98 Å². The fourth-order valence-corrected chi connectivity index (χ4v) is 4.12. The van der Waals surface area contributed by atoms with Crippen LogP contribution in [0, 0.1) is 12.8 Å². The van der Waals surface area contributed by atoms with E-state index < -0.39 is 23.7 Å². The van der Waals surface area contributed by atoms with E-state index in [1.807, 2.05) is 49.4 Å². The average molecular weight is 415 g/mol. The third kappa shape index (κ3) is 3.84. The number of hydrogen-bond acceptors (Lipinski definition) is 4. The van der Waals surface area contributed by atoms with Crippen LogP contribution in [0.4, 0.5) is 0 Å². The third-order valence-corrected chi connectivity index (χ3v) is 5.63. The highest BCUT2D eigenvalue weighted by Gasteiger charge is 2.51. The Labute approximate surface area is 180 Å². The Hall–Kier alpha value is -3.80. The van der Waals surface area contributed by atoms with Gasteiger partial charge in [-0.15, -0.1) is 0 Å². The first kappa shape index (κ1) is 20.5. The highest BCUT2D eigenvalue weighted by Crippen LogP contribution is 2.39. The number of nitrogens with zero attached hydrogens (tertiary/aromatic N) is 1. The molecule has 6 nitrogen and oxygen atoms in total. The number of aromatic nitrogens is 1. The number of nitrogens with one attached hydrogen (secondary N) is 1. The topological polar surface area (TPSA) is 77.8 Å². The molecule has 0 spiro atoms. The monoisotopic (exact) mass is 415 g/mol. The maximum absolute atomic E-state index is 13.5. The highest BCUT2D eigenvalue weighted by molar-refractivity contribution is 6.44. The first-order valence-corrected chi connectivity index (χ1v) is 10.0. The van der Waals surface area contributed by atoms with E-state index in [9.17, 15) is 14.4 Å². The number of aryl methyl sites for hydroxylation is 1. The Bertz CT molecular complexity index is 1130. The van der Waals surface area contributed by atoms with Crippen LogP contribution in [0.3, 0.4) is 0 Å². The number of methoxy groups -OCH3 is 1. The molecule has 6 heteroatoms. The zero-order valence-corrected chi connectivity index (χ0v) is 17.4. The molecule has 3 aromatic rings. The van der Waals surface area contributed by atoms with Gasteiger partial charge >= 0.3 is 0 Å². The van der Waals surface area contributed by atoms with Crippen molar-refractivity contribution < 1.29 is 24.1 Å². The van der Waals surface area contributed by atoms with Crippen LogP contribution in [-0.2, 0) is 16.1 Å². The lowest BCUT2D eigenvalue weighted by molar-refractivity contribution is -0.378. The first-order chi connectivity index (χ1) is 15.0. The molecule has 1 aliphatic heterocycles. The van der Waals surface area contributed by atoms with Gasteiger partial charge in [-0.3, -0.25) is 14.4 Å². The molecule has 2 atom stereocenters. The maximum Gasteiger partial charge on any atom is 0.291 e. The van der Waals surface area contributed by atoms with E-state index >= 15 is 0 Å². The number of rotatable bonds is 6. The molecule has 1 aromatic heterocycles. The standard InChI is InChI=1S/C25H22N2O4/c1-16-13-19(10-11-20(16)31-2)23(28)21-22(18-8-4-3-5-9-18)27(25(30)24(21)29)15-17-7-6-12-26-14-17/h3-14,21-22H,15H2,1-2H3/p+1. The van der Waals surface area contributed by atoms with Crippen LogP contribution in [0.25, 0.3) is 0 Å². The summed E-state index contributed by atoms with van der Waals surface area (Å²) in [6.07, 6.45) is 3.55. The number of ether oxygens (including phenoxy) is 1. The number of amides is 1. The molecule has 1 aliphatic rings. The van der Waals surface area contributed by atoms with Crippen molar-refractivity contribution >= 4 is 17.5 Å². The summed E-state index contributed by atoms with van der Waals surface area (Å²) in [4.78, 5) is 44.0. The molecule has 2 heterocycles. The molecule has 1 fully saturated rings. The smallest absolute Gasteiger partial charge is 0.291 e. The lowest BCUT2D eigenvalue weighted by atomic mass is 9.86. The quantitative estimate of drug-likeness (QED) is 0.352. The molecule has 31 heavy (non-hydrogen) atoms. The predicted octanol–water partition coefficient (Wildman–Crippen LogP) is 2.97. The summed E-state index contributed by atoms with van der Waals surface area (Å²) >= 11 is 0. The summed E-state index contributed by atoms with van der Waals surface area (Å²) in [7, 11) is 1.56. The molecule has 0 aliphatic carbocycles. The van der Waals surface area contributed by atoms with E-state index in [4.69, 9.17) is 4.74 Å². The summed E-state index contributed by atoms with van der Waals surface area (Å²) in [5.74, 6) is -2.11. The van der Waals surface area contributed by atoms with Crippen molar-refractivity contribution in [2.75, 3.05) is 7.11 Å². The van der Waals surface area contributed by atoms with E-state index in [0.717, 1.165) is 16.7 Å². The van der Waals surface area contributed by atoms with Crippen molar-refractivity contribution in [2.24, 2.45) is 5.92 Å². The van der Waals surface area contributed by atoms with Crippen molar-refractivity contribution in [3.8, 4) is 5.75 Å². The average Bonchev–Trinajstić information content (AvgIpc) is 3.04. The Morgan fingerprint density at radius 2 is 1.84 bits per heavy atom. The van der Waals surface area contributed by atoms with Gasteiger partial charge in [-0.1, -0.05) is 30.3 Å². The Morgan fingerprint density at radius 1 is 1.06 bits per heavy atom. The molecule has 1 N–H and O–H groups in total. The number of carbonyl (C=O) groups excluding carboxylic acids is 3. The fourth-order valence-electron chi connectivity index (χ4n) is 4.12. The van der Waals surface area contributed by atoms with Gasteiger partial charge in [0.15, 0.2) is 18.2 Å². The van der Waals surface area contributed by atoms with Gasteiger partial charge in [0, 0.05) is 17.2 Å². The highest BCUT2D eigenvalue weighted by atomic mass is 16.5. The molecular formula is C25H23N2O4+. The van der Waals surface area contributed by atoms with Crippen LogP contribution in [0.2, 0.25) is 0 Å². The van der Waals surface area contributed by atoms with Gasteiger partial charge in [0.1, 0.15) is 11.7 Å². The SMILES string of the molecule is COc1ccc(C(=O)C2C(=O)C(=O)N(Cc3ccc[nH+]c3)C2c2ccccc2)cc1C. The summed E-state index contributed by atoms with van der Waals surface area (Å²) < 4.78 is 5.27. The molecule has 2 aromatic carbocycles. The zero-order chi connectivity index (χ0) is 22.0. The van der Waals surface area contributed by atoms with Crippen LogP contribution >= 0.6 is 0 Å². The lowest BCUT2D eigenvalue weighted by Crippen LogP contribution is -2.30. The summed E-state index contributed by atoms with van der Waals surface area (Å²) in [5, 5.41) is 0. The molecular weight excluding hydrogens is 392 g/mol. The van der Waals surface area contributed by atoms with Crippen molar-refractivity contribution in [2.45, 2.75) is 19.5 Å². The second-order valence-electron chi connectivity index (χ2n) is 7.59. The van der Waals surface area contributed by atoms with Gasteiger partial charge in [-0.05, 0) is 42.3 Å². The van der Waals surface area contributed by atoms with Gasteiger partial charge in [0.2, 0.25) is 5.78 Å². The number of pyridine rings is 1. The number of carbonyl (C=O) groups is 3. The van der Waals surface area contributed by atoms with Crippen molar-refractivity contribution in [3.05, 3.63) is 95.3 Å². The van der Waals surface area contributed by atoms with Gasteiger partial charge in [0.05, 0.1) is 19.7 Å².